The summed E-state index contributed by atoms with van der Waals surface area (Å²) in [6.45, 7) is 2.18. The fourth-order valence-corrected chi connectivity index (χ4v) is 2.74. The van der Waals surface area contributed by atoms with Gasteiger partial charge in [0.25, 0.3) is 0 Å². The predicted octanol–water partition coefficient (Wildman–Crippen LogP) is 2.40. The van der Waals surface area contributed by atoms with Gasteiger partial charge in [0.2, 0.25) is 5.91 Å². The van der Waals surface area contributed by atoms with Crippen molar-refractivity contribution in [1.29, 1.82) is 0 Å². The minimum absolute atomic E-state index is 0.277. The molecule has 0 saturated heterocycles. The molecule has 2 rings (SSSR count). The number of benzene rings is 1. The van der Waals surface area contributed by atoms with Crippen LogP contribution in [0.3, 0.4) is 0 Å². The summed E-state index contributed by atoms with van der Waals surface area (Å²) in [5.41, 5.74) is 5.35. The summed E-state index contributed by atoms with van der Waals surface area (Å²) in [7, 11) is 1.83. The number of hydrogen-bond acceptors (Lipinski definition) is 5. The van der Waals surface area contributed by atoms with E-state index in [4.69, 9.17) is 22.1 Å². The molecule has 0 unspecified atom stereocenters. The average molecular weight is 341 g/mol. The van der Waals surface area contributed by atoms with Crippen LogP contribution in [-0.2, 0) is 18.4 Å². The highest BCUT2D eigenvalue weighted by atomic mass is 35.5. The van der Waals surface area contributed by atoms with Gasteiger partial charge in [0.1, 0.15) is 12.4 Å². The highest BCUT2D eigenvalue weighted by Gasteiger charge is 2.19. The molecule has 0 aliphatic rings. The largest absolute Gasteiger partial charge is 0.486 e. The van der Waals surface area contributed by atoms with E-state index in [2.05, 4.69) is 10.2 Å². The number of nitrogens with zero attached hydrogens (tertiary/aromatic N) is 3. The molecule has 1 aromatic heterocycles. The lowest BCUT2D eigenvalue weighted by Crippen LogP contribution is -2.25. The van der Waals surface area contributed by atoms with Gasteiger partial charge >= 0.3 is 0 Å². The number of amides is 1. The molecule has 0 aliphatic carbocycles. The van der Waals surface area contributed by atoms with Crippen LogP contribution in [0.4, 0.5) is 0 Å². The molecule has 1 amide bonds. The van der Waals surface area contributed by atoms with E-state index in [-0.39, 0.29) is 17.8 Å². The Labute approximate surface area is 138 Å². The van der Waals surface area contributed by atoms with Gasteiger partial charge in [-0.3, -0.25) is 4.79 Å². The zero-order valence-electron chi connectivity index (χ0n) is 12.3. The SMILES string of the molecule is CC[C@H](Sc1nnc(COc2ccc(Cl)cc2)n1C)C(N)=O. The van der Waals surface area contributed by atoms with E-state index in [0.717, 1.165) is 0 Å². The maximum absolute atomic E-state index is 11.3. The van der Waals surface area contributed by atoms with Crippen molar-refractivity contribution < 1.29 is 9.53 Å². The lowest BCUT2D eigenvalue weighted by molar-refractivity contribution is -0.117. The number of primary amides is 1. The highest BCUT2D eigenvalue weighted by Crippen LogP contribution is 2.24. The van der Waals surface area contributed by atoms with Crippen LogP contribution in [-0.4, -0.2) is 25.9 Å². The Hall–Kier alpha value is -1.73. The fourth-order valence-electron chi connectivity index (χ4n) is 1.72. The normalized spacial score (nSPS) is 12.1. The number of halogens is 1. The van der Waals surface area contributed by atoms with Crippen molar-refractivity contribution in [3.8, 4) is 5.75 Å². The quantitative estimate of drug-likeness (QED) is 0.782. The lowest BCUT2D eigenvalue weighted by Gasteiger charge is -2.10. The van der Waals surface area contributed by atoms with Crippen molar-refractivity contribution >= 4 is 29.3 Å². The second-order valence-corrected chi connectivity index (χ2v) is 6.22. The number of ether oxygens (including phenoxy) is 1. The van der Waals surface area contributed by atoms with Crippen molar-refractivity contribution in [3.63, 3.8) is 0 Å². The van der Waals surface area contributed by atoms with Crippen LogP contribution in [0.5, 0.6) is 5.75 Å². The van der Waals surface area contributed by atoms with Gasteiger partial charge in [-0.2, -0.15) is 0 Å². The third kappa shape index (κ3) is 4.14. The summed E-state index contributed by atoms with van der Waals surface area (Å²) >= 11 is 7.13. The Balaban J connectivity index is 2.01. The first kappa shape index (κ1) is 16.6. The predicted molar refractivity (Wildman–Crippen MR) is 85.9 cm³/mol. The van der Waals surface area contributed by atoms with E-state index >= 15 is 0 Å². The molecule has 0 saturated carbocycles. The minimum Gasteiger partial charge on any atom is -0.486 e. The fraction of sp³-hybridized carbons (Fsp3) is 0.357. The Kier molecular flexibility index (Phi) is 5.68. The molecule has 6 nitrogen and oxygen atoms in total. The van der Waals surface area contributed by atoms with E-state index < -0.39 is 0 Å². The Morgan fingerprint density at radius 3 is 2.68 bits per heavy atom. The van der Waals surface area contributed by atoms with Crippen molar-refractivity contribution in [2.45, 2.75) is 30.4 Å². The third-order valence-electron chi connectivity index (χ3n) is 3.04. The summed E-state index contributed by atoms with van der Waals surface area (Å²) in [5.74, 6) is 1.01. The topological polar surface area (TPSA) is 83.0 Å². The van der Waals surface area contributed by atoms with E-state index in [1.165, 1.54) is 11.8 Å². The molecule has 1 atom stereocenters. The van der Waals surface area contributed by atoms with E-state index in [1.54, 1.807) is 28.8 Å². The number of hydrogen-bond donors (Lipinski definition) is 1. The van der Waals surface area contributed by atoms with Gasteiger partial charge < -0.3 is 15.0 Å². The second-order valence-electron chi connectivity index (χ2n) is 4.62. The maximum atomic E-state index is 11.3. The zero-order chi connectivity index (χ0) is 16.1. The molecule has 1 heterocycles. The van der Waals surface area contributed by atoms with Crippen LogP contribution in [0.25, 0.3) is 0 Å². The second kappa shape index (κ2) is 7.51. The minimum atomic E-state index is -0.352. The van der Waals surface area contributed by atoms with Crippen LogP contribution < -0.4 is 10.5 Å². The molecule has 0 fully saturated rings. The maximum Gasteiger partial charge on any atom is 0.231 e. The molecule has 8 heteroatoms. The molecule has 1 aromatic carbocycles. The Morgan fingerprint density at radius 1 is 1.41 bits per heavy atom. The van der Waals surface area contributed by atoms with Gasteiger partial charge in [-0.1, -0.05) is 30.3 Å². The summed E-state index contributed by atoms with van der Waals surface area (Å²) in [6.07, 6.45) is 0.642. The zero-order valence-corrected chi connectivity index (χ0v) is 13.9. The van der Waals surface area contributed by atoms with Crippen LogP contribution in [0.1, 0.15) is 19.2 Å². The molecule has 0 aliphatic heterocycles. The standard InChI is InChI=1S/C14H17ClN4O2S/c1-3-11(13(16)20)22-14-18-17-12(19(14)2)8-21-10-6-4-9(15)5-7-10/h4-7,11H,3,8H2,1-2H3,(H2,16,20)/t11-/m0/s1. The summed E-state index contributed by atoms with van der Waals surface area (Å²) < 4.78 is 7.43. The van der Waals surface area contributed by atoms with Gasteiger partial charge in [-0.15, -0.1) is 10.2 Å². The third-order valence-corrected chi connectivity index (χ3v) is 4.71. The van der Waals surface area contributed by atoms with Gasteiger partial charge in [0.05, 0.1) is 5.25 Å². The van der Waals surface area contributed by atoms with Crippen molar-refractivity contribution in [2.75, 3.05) is 0 Å². The first-order valence-electron chi connectivity index (χ1n) is 6.73. The number of carbonyl (C=O) groups excluding carboxylic acids is 1. The molecular formula is C14H17ClN4O2S. The van der Waals surface area contributed by atoms with E-state index in [9.17, 15) is 4.79 Å². The van der Waals surface area contributed by atoms with Gasteiger partial charge in [-0.25, -0.2) is 0 Å². The summed E-state index contributed by atoms with van der Waals surface area (Å²) in [4.78, 5) is 11.3. The van der Waals surface area contributed by atoms with Crippen LogP contribution in [0.15, 0.2) is 29.4 Å². The number of nitrogens with two attached hydrogens (primary N) is 1. The number of rotatable bonds is 7. The molecule has 118 valence electrons. The van der Waals surface area contributed by atoms with Gasteiger partial charge in [0, 0.05) is 12.1 Å². The molecule has 0 radical (unpaired) electrons. The highest BCUT2D eigenvalue weighted by molar-refractivity contribution is 8.00. The molecule has 2 N–H and O–H groups in total. The smallest absolute Gasteiger partial charge is 0.231 e. The van der Waals surface area contributed by atoms with Gasteiger partial charge in [-0.05, 0) is 30.7 Å². The van der Waals surface area contributed by atoms with Crippen LogP contribution in [0, 0.1) is 0 Å². The average Bonchev–Trinajstić information content (AvgIpc) is 2.84. The molecule has 0 bridgehead atoms. The Morgan fingerprint density at radius 2 is 2.09 bits per heavy atom. The first-order valence-corrected chi connectivity index (χ1v) is 7.99. The first-order chi connectivity index (χ1) is 10.5. The van der Waals surface area contributed by atoms with Crippen LogP contribution in [0.2, 0.25) is 5.02 Å². The van der Waals surface area contributed by atoms with Crippen molar-refractivity contribution in [1.82, 2.24) is 14.8 Å². The molecule has 2 aromatic rings. The van der Waals surface area contributed by atoms with Crippen LogP contribution >= 0.6 is 23.4 Å². The van der Waals surface area contributed by atoms with E-state index in [1.807, 2.05) is 14.0 Å². The van der Waals surface area contributed by atoms with E-state index in [0.29, 0.717) is 28.2 Å². The van der Waals surface area contributed by atoms with Crippen molar-refractivity contribution in [2.24, 2.45) is 12.8 Å². The molecular weight excluding hydrogens is 324 g/mol. The van der Waals surface area contributed by atoms with Gasteiger partial charge in [0.15, 0.2) is 11.0 Å². The Bertz CT molecular complexity index is 645. The molecule has 0 spiro atoms. The molecule has 22 heavy (non-hydrogen) atoms. The van der Waals surface area contributed by atoms with Crippen molar-refractivity contribution in [3.05, 3.63) is 35.1 Å². The summed E-state index contributed by atoms with van der Waals surface area (Å²) in [5, 5.41) is 9.14. The number of carbonyl (C=O) groups is 1. The number of aromatic nitrogens is 3. The monoisotopic (exact) mass is 340 g/mol. The lowest BCUT2D eigenvalue weighted by atomic mass is 10.3. The summed E-state index contributed by atoms with van der Waals surface area (Å²) in [6, 6.07) is 7.09. The number of thioether (sulfide) groups is 1.